The molecule has 1 aromatic rings. The van der Waals surface area contributed by atoms with Crippen LogP contribution in [0.25, 0.3) is 0 Å². The first-order chi connectivity index (χ1) is 11.6. The molecule has 1 aromatic heterocycles. The van der Waals surface area contributed by atoms with Crippen LogP contribution in [0.3, 0.4) is 0 Å². The number of aryl methyl sites for hydroxylation is 1. The van der Waals surface area contributed by atoms with Gasteiger partial charge < -0.3 is 10.2 Å². The summed E-state index contributed by atoms with van der Waals surface area (Å²) in [6.45, 7) is 5.00. The van der Waals surface area contributed by atoms with Crippen molar-refractivity contribution in [1.82, 2.24) is 15.3 Å². The van der Waals surface area contributed by atoms with Gasteiger partial charge in [-0.25, -0.2) is 18.4 Å². The van der Waals surface area contributed by atoms with Gasteiger partial charge in [0.2, 0.25) is 0 Å². The van der Waals surface area contributed by atoms with Gasteiger partial charge in [0.1, 0.15) is 12.1 Å². The van der Waals surface area contributed by atoms with Gasteiger partial charge in [-0.05, 0) is 38.1 Å². The van der Waals surface area contributed by atoms with Crippen molar-refractivity contribution >= 4 is 15.7 Å². The number of nitrogens with one attached hydrogen (secondary N) is 1. The minimum Gasteiger partial charge on any atom is -0.356 e. The Morgan fingerprint density at radius 3 is 2.75 bits per heavy atom. The van der Waals surface area contributed by atoms with Crippen LogP contribution in [0, 0.1) is 5.92 Å². The number of hydrogen-bond donors (Lipinski definition) is 1. The third-order valence-electron chi connectivity index (χ3n) is 5.10. The van der Waals surface area contributed by atoms with E-state index in [1.54, 1.807) is 6.33 Å². The number of rotatable bonds is 6. The van der Waals surface area contributed by atoms with Crippen LogP contribution in [0.15, 0.2) is 12.5 Å². The number of nitrogens with zero attached hydrogens (tertiary/aromatic N) is 3. The summed E-state index contributed by atoms with van der Waals surface area (Å²) in [6.07, 6.45) is 8.67. The molecule has 0 radical (unpaired) electrons. The molecule has 6 nitrogen and oxygen atoms in total. The van der Waals surface area contributed by atoms with Crippen molar-refractivity contribution in [2.24, 2.45) is 5.92 Å². The second-order valence-electron chi connectivity index (χ2n) is 7.06. The van der Waals surface area contributed by atoms with E-state index in [0.717, 1.165) is 57.6 Å². The summed E-state index contributed by atoms with van der Waals surface area (Å²) >= 11 is 0. The lowest BCUT2D eigenvalue weighted by atomic mass is 10.0. The Morgan fingerprint density at radius 1 is 1.29 bits per heavy atom. The Morgan fingerprint density at radius 2 is 2.08 bits per heavy atom. The van der Waals surface area contributed by atoms with Crippen molar-refractivity contribution in [2.75, 3.05) is 36.0 Å². The quantitative estimate of drug-likeness (QED) is 0.835. The van der Waals surface area contributed by atoms with E-state index in [1.165, 1.54) is 5.56 Å². The number of hydrogen-bond acceptors (Lipinski definition) is 6. The fourth-order valence-electron chi connectivity index (χ4n) is 3.74. The number of anilines is 1. The summed E-state index contributed by atoms with van der Waals surface area (Å²) in [5, 5.41) is 3.59. The molecule has 0 amide bonds. The molecule has 2 aliphatic heterocycles. The highest BCUT2D eigenvalue weighted by atomic mass is 32.2. The number of sulfone groups is 1. The van der Waals surface area contributed by atoms with Crippen LogP contribution >= 0.6 is 0 Å². The lowest BCUT2D eigenvalue weighted by Gasteiger charge is -2.34. The SMILES string of the molecule is CCCc1cncnc1N1CCC(NC[C@@H]2CCS(=O)(=O)C2)CC1. The summed E-state index contributed by atoms with van der Waals surface area (Å²) in [4.78, 5) is 11.0. The average molecular weight is 353 g/mol. The van der Waals surface area contributed by atoms with Crippen LogP contribution < -0.4 is 10.2 Å². The fraction of sp³-hybridized carbons (Fsp3) is 0.765. The van der Waals surface area contributed by atoms with Crippen LogP contribution in [-0.4, -0.2) is 55.6 Å². The Bertz CT molecular complexity index is 642. The molecule has 0 aromatic carbocycles. The van der Waals surface area contributed by atoms with Crippen LogP contribution in [0.2, 0.25) is 0 Å². The molecule has 0 aliphatic carbocycles. The minimum absolute atomic E-state index is 0.297. The second kappa shape index (κ2) is 7.78. The van der Waals surface area contributed by atoms with Crippen molar-refractivity contribution in [3.63, 3.8) is 0 Å². The van der Waals surface area contributed by atoms with E-state index >= 15 is 0 Å². The third-order valence-corrected chi connectivity index (χ3v) is 6.94. The van der Waals surface area contributed by atoms with E-state index in [1.807, 2.05) is 6.20 Å². The van der Waals surface area contributed by atoms with E-state index < -0.39 is 9.84 Å². The van der Waals surface area contributed by atoms with E-state index in [4.69, 9.17) is 0 Å². The topological polar surface area (TPSA) is 75.2 Å². The van der Waals surface area contributed by atoms with Crippen LogP contribution in [0.1, 0.15) is 38.2 Å². The van der Waals surface area contributed by atoms with Gasteiger partial charge in [0.25, 0.3) is 0 Å². The van der Waals surface area contributed by atoms with Crippen LogP contribution in [-0.2, 0) is 16.3 Å². The summed E-state index contributed by atoms with van der Waals surface area (Å²) in [5.74, 6) is 2.12. The number of piperidine rings is 1. The summed E-state index contributed by atoms with van der Waals surface area (Å²) in [5.41, 5.74) is 1.24. The Balaban J connectivity index is 1.48. The molecule has 2 fully saturated rings. The van der Waals surface area contributed by atoms with Gasteiger partial charge in [-0.3, -0.25) is 0 Å². The molecular weight excluding hydrogens is 324 g/mol. The largest absolute Gasteiger partial charge is 0.356 e. The van der Waals surface area contributed by atoms with Crippen LogP contribution in [0.4, 0.5) is 5.82 Å². The van der Waals surface area contributed by atoms with Gasteiger partial charge >= 0.3 is 0 Å². The Kier molecular flexibility index (Phi) is 5.71. The number of aromatic nitrogens is 2. The molecule has 3 rings (SSSR count). The van der Waals surface area contributed by atoms with E-state index in [9.17, 15) is 8.42 Å². The molecule has 0 spiro atoms. The zero-order valence-corrected chi connectivity index (χ0v) is 15.3. The first-order valence-electron chi connectivity index (χ1n) is 9.05. The predicted octanol–water partition coefficient (Wildman–Crippen LogP) is 1.42. The smallest absolute Gasteiger partial charge is 0.150 e. The Labute approximate surface area is 145 Å². The standard InChI is InChI=1S/C17H28N4O2S/c1-2-3-15-11-18-13-20-17(15)21-7-4-16(5-8-21)19-10-14-6-9-24(22,23)12-14/h11,13-14,16,19H,2-10,12H2,1H3/t14-/m0/s1. The van der Waals surface area contributed by atoms with Crippen molar-refractivity contribution in [2.45, 2.75) is 45.1 Å². The minimum atomic E-state index is -2.77. The lowest BCUT2D eigenvalue weighted by molar-refractivity contribution is 0.385. The second-order valence-corrected chi connectivity index (χ2v) is 9.29. The Hall–Kier alpha value is -1.21. The highest BCUT2D eigenvalue weighted by Gasteiger charge is 2.29. The van der Waals surface area contributed by atoms with Crippen molar-refractivity contribution in [3.8, 4) is 0 Å². The van der Waals surface area contributed by atoms with Crippen LogP contribution in [0.5, 0.6) is 0 Å². The zero-order chi connectivity index (χ0) is 17.0. The van der Waals surface area contributed by atoms with Gasteiger partial charge in [0, 0.05) is 30.9 Å². The molecule has 1 N–H and O–H groups in total. The molecule has 2 aliphatic rings. The fourth-order valence-corrected chi connectivity index (χ4v) is 5.61. The third kappa shape index (κ3) is 4.45. The van der Waals surface area contributed by atoms with Crippen molar-refractivity contribution < 1.29 is 8.42 Å². The van der Waals surface area contributed by atoms with Gasteiger partial charge in [-0.2, -0.15) is 0 Å². The van der Waals surface area contributed by atoms with E-state index in [2.05, 4.69) is 27.1 Å². The molecule has 7 heteroatoms. The predicted molar refractivity (Wildman–Crippen MR) is 96.0 cm³/mol. The summed E-state index contributed by atoms with van der Waals surface area (Å²) in [7, 11) is -2.77. The lowest BCUT2D eigenvalue weighted by Crippen LogP contribution is -2.44. The van der Waals surface area contributed by atoms with E-state index in [-0.39, 0.29) is 0 Å². The van der Waals surface area contributed by atoms with E-state index in [0.29, 0.717) is 23.5 Å². The van der Waals surface area contributed by atoms with Gasteiger partial charge in [-0.1, -0.05) is 13.3 Å². The summed E-state index contributed by atoms with van der Waals surface area (Å²) < 4.78 is 23.1. The normalized spacial score (nSPS) is 24.4. The molecule has 134 valence electrons. The van der Waals surface area contributed by atoms with Gasteiger partial charge in [0.15, 0.2) is 9.84 Å². The first-order valence-corrected chi connectivity index (χ1v) is 10.9. The zero-order valence-electron chi connectivity index (χ0n) is 14.4. The molecule has 0 saturated carbocycles. The van der Waals surface area contributed by atoms with Gasteiger partial charge in [0.05, 0.1) is 11.5 Å². The molecular formula is C17H28N4O2S. The maximum atomic E-state index is 11.5. The summed E-state index contributed by atoms with van der Waals surface area (Å²) in [6, 6.07) is 0.487. The van der Waals surface area contributed by atoms with Crippen molar-refractivity contribution in [3.05, 3.63) is 18.1 Å². The molecule has 3 heterocycles. The van der Waals surface area contributed by atoms with Gasteiger partial charge in [-0.15, -0.1) is 0 Å². The van der Waals surface area contributed by atoms with Crippen molar-refractivity contribution in [1.29, 1.82) is 0 Å². The first kappa shape index (κ1) is 17.6. The molecule has 0 unspecified atom stereocenters. The molecule has 2 saturated heterocycles. The molecule has 24 heavy (non-hydrogen) atoms. The molecule has 1 atom stereocenters. The average Bonchev–Trinajstić information content (AvgIpc) is 2.93. The highest BCUT2D eigenvalue weighted by Crippen LogP contribution is 2.23. The maximum Gasteiger partial charge on any atom is 0.150 e. The highest BCUT2D eigenvalue weighted by molar-refractivity contribution is 7.91. The molecule has 0 bridgehead atoms. The monoisotopic (exact) mass is 352 g/mol. The maximum absolute atomic E-state index is 11.5.